The lowest BCUT2D eigenvalue weighted by Crippen LogP contribution is -2.22. The van der Waals surface area contributed by atoms with Crippen LogP contribution in [0.2, 0.25) is 0 Å². The van der Waals surface area contributed by atoms with E-state index in [-0.39, 0.29) is 0 Å². The highest BCUT2D eigenvalue weighted by Gasteiger charge is 2.15. The van der Waals surface area contributed by atoms with Crippen LogP contribution in [0.3, 0.4) is 0 Å². The Morgan fingerprint density at radius 3 is 3.05 bits per heavy atom. The Morgan fingerprint density at radius 1 is 1.35 bits per heavy atom. The van der Waals surface area contributed by atoms with Crippen LogP contribution in [-0.2, 0) is 6.54 Å². The van der Waals surface area contributed by atoms with Gasteiger partial charge in [-0.3, -0.25) is 0 Å². The summed E-state index contributed by atoms with van der Waals surface area (Å²) in [6, 6.07) is 7.85. The maximum absolute atomic E-state index is 5.70. The second-order valence-corrected chi connectivity index (χ2v) is 6.85. The number of hydrogen-bond acceptors (Lipinski definition) is 5. The van der Waals surface area contributed by atoms with Gasteiger partial charge < -0.3 is 9.73 Å². The first-order valence-electron chi connectivity index (χ1n) is 6.68. The molecule has 1 aromatic heterocycles. The molecule has 1 aromatic carbocycles. The van der Waals surface area contributed by atoms with Gasteiger partial charge in [0, 0.05) is 4.47 Å². The zero-order valence-corrected chi connectivity index (χ0v) is 13.4. The first kappa shape index (κ1) is 14.1. The van der Waals surface area contributed by atoms with Gasteiger partial charge in [-0.25, -0.2) is 0 Å². The third-order valence-corrected chi connectivity index (χ3v) is 5.23. The van der Waals surface area contributed by atoms with Crippen molar-refractivity contribution in [3.8, 4) is 11.5 Å². The molecule has 0 saturated carbocycles. The Hall–Kier alpha value is -0.850. The number of hydrogen-bond donors (Lipinski definition) is 1. The Bertz CT molecular complexity index is 569. The third kappa shape index (κ3) is 3.42. The molecule has 6 heteroatoms. The Kier molecular flexibility index (Phi) is 4.75. The fourth-order valence-corrected chi connectivity index (χ4v) is 3.93. The summed E-state index contributed by atoms with van der Waals surface area (Å²) in [5, 5.41) is 11.6. The maximum Gasteiger partial charge on any atom is 0.248 e. The smallest absolute Gasteiger partial charge is 0.248 e. The predicted molar refractivity (Wildman–Crippen MR) is 84.6 cm³/mol. The van der Waals surface area contributed by atoms with E-state index in [4.69, 9.17) is 4.42 Å². The van der Waals surface area contributed by atoms with Crippen LogP contribution < -0.4 is 5.32 Å². The maximum atomic E-state index is 5.70. The predicted octanol–water partition coefficient (Wildman–Crippen LogP) is 3.34. The second-order valence-electron chi connectivity index (χ2n) is 4.84. The molecule has 1 unspecified atom stereocenters. The minimum absolute atomic E-state index is 0.561. The summed E-state index contributed by atoms with van der Waals surface area (Å²) in [5.41, 5.74) is 0.929. The normalized spacial score (nSPS) is 18.6. The highest BCUT2D eigenvalue weighted by atomic mass is 79.9. The van der Waals surface area contributed by atoms with Crippen molar-refractivity contribution in [2.45, 2.75) is 13.0 Å². The summed E-state index contributed by atoms with van der Waals surface area (Å²) >= 11 is 5.53. The molecule has 106 valence electrons. The van der Waals surface area contributed by atoms with Crippen molar-refractivity contribution < 1.29 is 4.42 Å². The molecule has 0 radical (unpaired) electrons. The van der Waals surface area contributed by atoms with Gasteiger partial charge >= 0.3 is 0 Å². The summed E-state index contributed by atoms with van der Waals surface area (Å²) in [5.74, 6) is 4.54. The molecule has 20 heavy (non-hydrogen) atoms. The summed E-state index contributed by atoms with van der Waals surface area (Å²) in [7, 11) is 0. The molecule has 1 aliphatic rings. The Balaban J connectivity index is 1.58. The number of benzene rings is 1. The fraction of sp³-hybridized carbons (Fsp3) is 0.429. The van der Waals surface area contributed by atoms with Crippen molar-refractivity contribution in [2.75, 3.05) is 18.1 Å². The Labute approximate surface area is 130 Å². The molecule has 3 rings (SSSR count). The topological polar surface area (TPSA) is 51.0 Å². The minimum Gasteiger partial charge on any atom is -0.419 e. The number of rotatable bonds is 5. The van der Waals surface area contributed by atoms with Crippen molar-refractivity contribution in [3.63, 3.8) is 0 Å². The number of nitrogens with one attached hydrogen (secondary N) is 1. The lowest BCUT2D eigenvalue weighted by Gasteiger charge is -2.07. The largest absolute Gasteiger partial charge is 0.419 e. The summed E-state index contributed by atoms with van der Waals surface area (Å²) in [4.78, 5) is 0. The van der Waals surface area contributed by atoms with Crippen LogP contribution in [0.4, 0.5) is 0 Å². The zero-order chi connectivity index (χ0) is 13.8. The van der Waals surface area contributed by atoms with Gasteiger partial charge in [-0.1, -0.05) is 12.1 Å². The van der Waals surface area contributed by atoms with Crippen LogP contribution >= 0.6 is 27.7 Å². The van der Waals surface area contributed by atoms with Crippen LogP contribution in [0, 0.1) is 5.92 Å². The van der Waals surface area contributed by atoms with Gasteiger partial charge in [-0.05, 0) is 58.5 Å². The van der Waals surface area contributed by atoms with E-state index in [9.17, 15) is 0 Å². The molecule has 1 atom stereocenters. The van der Waals surface area contributed by atoms with Crippen LogP contribution in [-0.4, -0.2) is 28.2 Å². The van der Waals surface area contributed by atoms with E-state index in [1.165, 1.54) is 17.9 Å². The number of thioether (sulfide) groups is 1. The highest BCUT2D eigenvalue weighted by Crippen LogP contribution is 2.26. The molecule has 1 fully saturated rings. The molecule has 0 amide bonds. The number of halogens is 1. The van der Waals surface area contributed by atoms with Gasteiger partial charge in [0.2, 0.25) is 11.8 Å². The van der Waals surface area contributed by atoms with Crippen molar-refractivity contribution in [1.82, 2.24) is 15.5 Å². The Morgan fingerprint density at radius 2 is 2.25 bits per heavy atom. The molecule has 1 saturated heterocycles. The highest BCUT2D eigenvalue weighted by molar-refractivity contribution is 9.10. The minimum atomic E-state index is 0.561. The van der Waals surface area contributed by atoms with Gasteiger partial charge in [-0.2, -0.15) is 11.8 Å². The molecule has 2 aromatic rings. The molecular weight excluding hydrogens is 338 g/mol. The first-order valence-corrected chi connectivity index (χ1v) is 8.63. The first-order chi connectivity index (χ1) is 9.83. The van der Waals surface area contributed by atoms with Gasteiger partial charge in [-0.15, -0.1) is 10.2 Å². The van der Waals surface area contributed by atoms with Crippen LogP contribution in [0.5, 0.6) is 0 Å². The molecule has 0 bridgehead atoms. The van der Waals surface area contributed by atoms with Crippen LogP contribution in [0.15, 0.2) is 33.2 Å². The fourth-order valence-electron chi connectivity index (χ4n) is 2.20. The summed E-state index contributed by atoms with van der Waals surface area (Å²) in [6.07, 6.45) is 1.31. The number of aromatic nitrogens is 2. The molecule has 4 nitrogen and oxygen atoms in total. The van der Waals surface area contributed by atoms with Gasteiger partial charge in [0.25, 0.3) is 0 Å². The quantitative estimate of drug-likeness (QED) is 0.893. The SMILES string of the molecule is Brc1ccccc1-c1nnc(CNCC2CCSC2)o1. The molecule has 0 aliphatic carbocycles. The van der Waals surface area contributed by atoms with Gasteiger partial charge in [0.15, 0.2) is 0 Å². The van der Waals surface area contributed by atoms with E-state index in [1.807, 2.05) is 36.0 Å². The molecule has 1 aliphatic heterocycles. The monoisotopic (exact) mass is 353 g/mol. The van der Waals surface area contributed by atoms with E-state index >= 15 is 0 Å². The van der Waals surface area contributed by atoms with Crippen LogP contribution in [0.25, 0.3) is 11.5 Å². The third-order valence-electron chi connectivity index (χ3n) is 3.30. The van der Waals surface area contributed by atoms with Gasteiger partial charge in [0.1, 0.15) is 0 Å². The molecule has 2 heterocycles. The zero-order valence-electron chi connectivity index (χ0n) is 11.0. The lowest BCUT2D eigenvalue weighted by molar-refractivity contribution is 0.451. The van der Waals surface area contributed by atoms with E-state index in [1.54, 1.807) is 0 Å². The summed E-state index contributed by atoms with van der Waals surface area (Å²) in [6.45, 7) is 1.67. The molecule has 0 spiro atoms. The number of nitrogens with zero attached hydrogens (tertiary/aromatic N) is 2. The van der Waals surface area contributed by atoms with E-state index < -0.39 is 0 Å². The van der Waals surface area contributed by atoms with Crippen molar-refractivity contribution in [3.05, 3.63) is 34.6 Å². The van der Waals surface area contributed by atoms with Crippen molar-refractivity contribution >= 4 is 27.7 Å². The van der Waals surface area contributed by atoms with Gasteiger partial charge in [0.05, 0.1) is 12.1 Å². The standard InChI is InChI=1S/C14H16BrN3OS/c15-12-4-2-1-3-11(12)14-18-17-13(19-14)8-16-7-10-5-6-20-9-10/h1-4,10,16H,5-9H2. The van der Waals surface area contributed by atoms with E-state index in [0.717, 1.165) is 22.5 Å². The average molecular weight is 354 g/mol. The van der Waals surface area contributed by atoms with E-state index in [2.05, 4.69) is 31.4 Å². The van der Waals surface area contributed by atoms with Crippen LogP contribution in [0.1, 0.15) is 12.3 Å². The van der Waals surface area contributed by atoms with E-state index in [0.29, 0.717) is 18.3 Å². The molecule has 1 N–H and O–H groups in total. The lowest BCUT2D eigenvalue weighted by atomic mass is 10.1. The second kappa shape index (κ2) is 6.74. The average Bonchev–Trinajstić information content (AvgIpc) is 3.11. The molecular formula is C14H16BrN3OS. The summed E-state index contributed by atoms with van der Waals surface area (Å²) < 4.78 is 6.66. The van der Waals surface area contributed by atoms with Crippen molar-refractivity contribution in [1.29, 1.82) is 0 Å². The van der Waals surface area contributed by atoms with Crippen molar-refractivity contribution in [2.24, 2.45) is 5.92 Å².